The number of benzene rings is 2. The van der Waals surface area contributed by atoms with Crippen LogP contribution in [0.15, 0.2) is 46.9 Å². The van der Waals surface area contributed by atoms with Crippen LogP contribution in [0.4, 0.5) is 10.1 Å². The molecule has 0 aliphatic carbocycles. The fraction of sp³-hybridized carbons (Fsp3) is 0.0667. The molecule has 0 aliphatic heterocycles. The molecular formula is C15H10BrFN2O2. The monoisotopic (exact) mass is 348 g/mol. The summed E-state index contributed by atoms with van der Waals surface area (Å²) in [5, 5.41) is 11.2. The van der Waals surface area contributed by atoms with Gasteiger partial charge in [0.15, 0.2) is 6.61 Å². The number of ether oxygens (including phenoxy) is 1. The Balaban J connectivity index is 1.94. The van der Waals surface area contributed by atoms with Gasteiger partial charge in [-0.1, -0.05) is 22.0 Å². The largest absolute Gasteiger partial charge is 0.484 e. The second-order valence-corrected chi connectivity index (χ2v) is 5.02. The van der Waals surface area contributed by atoms with Crippen LogP contribution in [0.1, 0.15) is 5.56 Å². The van der Waals surface area contributed by atoms with E-state index in [9.17, 15) is 9.18 Å². The molecule has 0 saturated carbocycles. The van der Waals surface area contributed by atoms with Crippen LogP contribution < -0.4 is 10.1 Å². The van der Waals surface area contributed by atoms with E-state index in [4.69, 9.17) is 10.00 Å². The van der Waals surface area contributed by atoms with E-state index in [1.807, 2.05) is 6.07 Å². The van der Waals surface area contributed by atoms with Gasteiger partial charge in [0.1, 0.15) is 11.6 Å². The van der Waals surface area contributed by atoms with Crippen molar-refractivity contribution in [1.82, 2.24) is 0 Å². The molecule has 0 bridgehead atoms. The number of amides is 1. The molecule has 1 N–H and O–H groups in total. The van der Waals surface area contributed by atoms with Crippen molar-refractivity contribution in [3.63, 3.8) is 0 Å². The van der Waals surface area contributed by atoms with Gasteiger partial charge in [-0.25, -0.2) is 4.39 Å². The van der Waals surface area contributed by atoms with Crippen LogP contribution in [0.5, 0.6) is 5.75 Å². The number of hydrogen-bond acceptors (Lipinski definition) is 3. The van der Waals surface area contributed by atoms with Crippen LogP contribution in [-0.2, 0) is 4.79 Å². The number of hydrogen-bond donors (Lipinski definition) is 1. The van der Waals surface area contributed by atoms with E-state index in [-0.39, 0.29) is 12.3 Å². The van der Waals surface area contributed by atoms with Crippen LogP contribution in [0, 0.1) is 17.1 Å². The predicted molar refractivity (Wildman–Crippen MR) is 79.4 cm³/mol. The molecule has 0 spiro atoms. The number of rotatable bonds is 4. The number of carbonyl (C=O) groups excluding carboxylic acids is 1. The Morgan fingerprint density at radius 2 is 2.14 bits per heavy atom. The second kappa shape index (κ2) is 6.86. The average molecular weight is 349 g/mol. The summed E-state index contributed by atoms with van der Waals surface area (Å²) < 4.78 is 19.4. The van der Waals surface area contributed by atoms with Crippen molar-refractivity contribution in [3.05, 3.63) is 58.3 Å². The molecule has 0 unspecified atom stereocenters. The first-order valence-electron chi connectivity index (χ1n) is 5.96. The van der Waals surface area contributed by atoms with Gasteiger partial charge < -0.3 is 10.1 Å². The summed E-state index contributed by atoms with van der Waals surface area (Å²) in [5.74, 6) is -0.622. The zero-order chi connectivity index (χ0) is 15.2. The minimum Gasteiger partial charge on any atom is -0.484 e. The number of anilines is 1. The Morgan fingerprint density at radius 1 is 1.33 bits per heavy atom. The lowest BCUT2D eigenvalue weighted by Crippen LogP contribution is -2.20. The molecule has 2 rings (SSSR count). The van der Waals surface area contributed by atoms with Gasteiger partial charge in [-0.2, -0.15) is 5.26 Å². The van der Waals surface area contributed by atoms with Gasteiger partial charge >= 0.3 is 0 Å². The van der Waals surface area contributed by atoms with Crippen molar-refractivity contribution in [2.24, 2.45) is 0 Å². The summed E-state index contributed by atoms with van der Waals surface area (Å²) in [4.78, 5) is 11.7. The Morgan fingerprint density at radius 3 is 2.86 bits per heavy atom. The van der Waals surface area contributed by atoms with Crippen LogP contribution >= 0.6 is 15.9 Å². The van der Waals surface area contributed by atoms with Gasteiger partial charge in [0.2, 0.25) is 0 Å². The Kier molecular flexibility index (Phi) is 4.90. The maximum atomic E-state index is 13.6. The van der Waals surface area contributed by atoms with Crippen LogP contribution in [-0.4, -0.2) is 12.5 Å². The van der Waals surface area contributed by atoms with E-state index in [0.29, 0.717) is 15.8 Å². The minimum absolute atomic E-state index is 0.0811. The van der Waals surface area contributed by atoms with Gasteiger partial charge in [0, 0.05) is 4.47 Å². The lowest BCUT2D eigenvalue weighted by molar-refractivity contribution is -0.118. The molecule has 0 radical (unpaired) electrons. The summed E-state index contributed by atoms with van der Waals surface area (Å²) in [5.41, 5.74) is 0.518. The molecule has 0 heterocycles. The fourth-order valence-electron chi connectivity index (χ4n) is 1.58. The van der Waals surface area contributed by atoms with E-state index in [1.54, 1.807) is 24.3 Å². The highest BCUT2D eigenvalue weighted by atomic mass is 79.9. The van der Waals surface area contributed by atoms with Gasteiger partial charge in [-0.3, -0.25) is 4.79 Å². The topological polar surface area (TPSA) is 62.1 Å². The highest BCUT2D eigenvalue weighted by molar-refractivity contribution is 9.10. The molecule has 2 aromatic rings. The third kappa shape index (κ3) is 4.29. The molecule has 0 aliphatic rings. The third-order valence-electron chi connectivity index (χ3n) is 2.54. The highest BCUT2D eigenvalue weighted by Gasteiger charge is 2.08. The summed E-state index contributed by atoms with van der Waals surface area (Å²) in [6.45, 7) is -0.273. The number of halogens is 2. The molecule has 2 aromatic carbocycles. The molecule has 0 saturated heterocycles. The van der Waals surface area contributed by atoms with Gasteiger partial charge in [0.05, 0.1) is 17.3 Å². The Bertz CT molecular complexity index is 713. The van der Waals surface area contributed by atoms with E-state index < -0.39 is 11.7 Å². The number of nitrogens with zero attached hydrogens (tertiary/aromatic N) is 1. The van der Waals surface area contributed by atoms with E-state index >= 15 is 0 Å². The Hall–Kier alpha value is -2.39. The maximum Gasteiger partial charge on any atom is 0.262 e. The molecule has 4 nitrogen and oxygen atoms in total. The van der Waals surface area contributed by atoms with Crippen molar-refractivity contribution in [3.8, 4) is 11.8 Å². The second-order valence-electron chi connectivity index (χ2n) is 4.10. The number of nitriles is 1. The van der Waals surface area contributed by atoms with Gasteiger partial charge in [0.25, 0.3) is 5.91 Å². The summed E-state index contributed by atoms with van der Waals surface area (Å²) in [6.07, 6.45) is 0. The normalized spacial score (nSPS) is 9.76. The van der Waals surface area contributed by atoms with E-state index in [0.717, 1.165) is 0 Å². The fourth-order valence-corrected chi connectivity index (χ4v) is 1.91. The molecule has 106 valence electrons. The Labute approximate surface area is 129 Å². The number of nitrogens with one attached hydrogen (secondary N) is 1. The van der Waals surface area contributed by atoms with E-state index in [2.05, 4.69) is 21.2 Å². The summed E-state index contributed by atoms with van der Waals surface area (Å²) >= 11 is 3.13. The summed E-state index contributed by atoms with van der Waals surface area (Å²) in [7, 11) is 0. The van der Waals surface area contributed by atoms with Crippen molar-refractivity contribution in [2.75, 3.05) is 11.9 Å². The molecule has 0 fully saturated rings. The molecule has 0 atom stereocenters. The first-order chi connectivity index (χ1) is 10.1. The van der Waals surface area contributed by atoms with Crippen molar-refractivity contribution >= 4 is 27.5 Å². The minimum atomic E-state index is -0.538. The summed E-state index contributed by atoms with van der Waals surface area (Å²) in [6, 6.07) is 12.7. The highest BCUT2D eigenvalue weighted by Crippen LogP contribution is 2.19. The molecule has 6 heteroatoms. The molecule has 0 aromatic heterocycles. The maximum absolute atomic E-state index is 13.6. The zero-order valence-electron chi connectivity index (χ0n) is 10.8. The standard InChI is InChI=1S/C15H10BrFN2O2/c16-11-4-5-14(13(17)7-11)19-15(20)9-21-12-3-1-2-10(6-12)8-18/h1-7H,9H2,(H,19,20). The quantitative estimate of drug-likeness (QED) is 0.919. The average Bonchev–Trinajstić information content (AvgIpc) is 2.48. The molecule has 21 heavy (non-hydrogen) atoms. The van der Waals surface area contributed by atoms with Crippen LogP contribution in [0.2, 0.25) is 0 Å². The van der Waals surface area contributed by atoms with Crippen molar-refractivity contribution in [1.29, 1.82) is 5.26 Å². The lowest BCUT2D eigenvalue weighted by Gasteiger charge is -2.08. The van der Waals surface area contributed by atoms with Crippen molar-refractivity contribution in [2.45, 2.75) is 0 Å². The molecular weight excluding hydrogens is 339 g/mol. The number of carbonyl (C=O) groups is 1. The zero-order valence-corrected chi connectivity index (χ0v) is 12.4. The van der Waals surface area contributed by atoms with E-state index in [1.165, 1.54) is 18.2 Å². The molecule has 1 amide bonds. The van der Waals surface area contributed by atoms with Gasteiger partial charge in [-0.15, -0.1) is 0 Å². The predicted octanol–water partition coefficient (Wildman–Crippen LogP) is 3.48. The first-order valence-corrected chi connectivity index (χ1v) is 6.75. The first kappa shape index (κ1) is 15.0. The lowest BCUT2D eigenvalue weighted by atomic mass is 10.2. The smallest absolute Gasteiger partial charge is 0.262 e. The SMILES string of the molecule is N#Cc1cccc(OCC(=O)Nc2ccc(Br)cc2F)c1. The van der Waals surface area contributed by atoms with Gasteiger partial charge in [-0.05, 0) is 36.4 Å². The van der Waals surface area contributed by atoms with Crippen LogP contribution in [0.3, 0.4) is 0 Å². The third-order valence-corrected chi connectivity index (χ3v) is 3.03. The van der Waals surface area contributed by atoms with Crippen LogP contribution in [0.25, 0.3) is 0 Å². The van der Waals surface area contributed by atoms with Crippen molar-refractivity contribution < 1.29 is 13.9 Å².